The van der Waals surface area contributed by atoms with Crippen LogP contribution in [0.2, 0.25) is 0 Å². The smallest absolute Gasteiger partial charge is 0.237 e. The summed E-state index contributed by atoms with van der Waals surface area (Å²) in [5, 5.41) is 11.6. The summed E-state index contributed by atoms with van der Waals surface area (Å²) in [6.45, 7) is 2.24. The number of hydrogen-bond donors (Lipinski definition) is 3. The monoisotopic (exact) mass is 198 g/mol. The Morgan fingerprint density at radius 1 is 1.71 bits per heavy atom. The molecular formula is C10H18N2O2. The molecule has 0 fully saturated rings. The molecule has 4 nitrogen and oxygen atoms in total. The summed E-state index contributed by atoms with van der Waals surface area (Å²) in [7, 11) is 0. The van der Waals surface area contributed by atoms with E-state index in [1.807, 2.05) is 0 Å². The Labute approximate surface area is 84.9 Å². The first-order valence-corrected chi connectivity index (χ1v) is 4.72. The van der Waals surface area contributed by atoms with Crippen molar-refractivity contribution in [1.29, 1.82) is 0 Å². The highest BCUT2D eigenvalue weighted by atomic mass is 16.3. The van der Waals surface area contributed by atoms with E-state index in [4.69, 9.17) is 17.3 Å². The van der Waals surface area contributed by atoms with Gasteiger partial charge < -0.3 is 16.2 Å². The minimum Gasteiger partial charge on any atom is -0.393 e. The third-order valence-electron chi connectivity index (χ3n) is 1.77. The minimum absolute atomic E-state index is 0.228. The van der Waals surface area contributed by atoms with Gasteiger partial charge in [0.2, 0.25) is 5.91 Å². The lowest BCUT2D eigenvalue weighted by Crippen LogP contribution is -2.40. The van der Waals surface area contributed by atoms with Crippen LogP contribution in [-0.2, 0) is 4.79 Å². The van der Waals surface area contributed by atoms with E-state index in [9.17, 15) is 4.79 Å². The van der Waals surface area contributed by atoms with Gasteiger partial charge in [0.1, 0.15) is 0 Å². The second-order valence-electron chi connectivity index (χ2n) is 3.30. The molecule has 0 aromatic rings. The fourth-order valence-corrected chi connectivity index (χ4v) is 0.960. The van der Waals surface area contributed by atoms with E-state index in [1.54, 1.807) is 6.92 Å². The Bertz CT molecular complexity index is 209. The molecule has 4 N–H and O–H groups in total. The molecule has 2 atom stereocenters. The number of hydrogen-bond acceptors (Lipinski definition) is 3. The first-order valence-electron chi connectivity index (χ1n) is 4.72. The fourth-order valence-electron chi connectivity index (χ4n) is 0.960. The van der Waals surface area contributed by atoms with Crippen molar-refractivity contribution in [2.75, 3.05) is 6.54 Å². The SMILES string of the molecule is C#CCC(N)C(=O)NCCCC(C)O. The summed E-state index contributed by atoms with van der Waals surface area (Å²) in [6, 6.07) is -0.619. The third-order valence-corrected chi connectivity index (χ3v) is 1.77. The first-order chi connectivity index (χ1) is 6.57. The third kappa shape index (κ3) is 6.46. The van der Waals surface area contributed by atoms with Crippen LogP contribution in [0.3, 0.4) is 0 Å². The summed E-state index contributed by atoms with van der Waals surface area (Å²) in [6.07, 6.45) is 6.36. The predicted molar refractivity (Wildman–Crippen MR) is 55.3 cm³/mol. The molecule has 0 spiro atoms. The Balaban J connectivity index is 3.50. The van der Waals surface area contributed by atoms with Gasteiger partial charge in [0.25, 0.3) is 0 Å². The molecular weight excluding hydrogens is 180 g/mol. The number of rotatable bonds is 6. The maximum Gasteiger partial charge on any atom is 0.237 e. The van der Waals surface area contributed by atoms with Crippen LogP contribution in [-0.4, -0.2) is 29.7 Å². The Morgan fingerprint density at radius 3 is 2.86 bits per heavy atom. The van der Waals surface area contributed by atoms with Crippen molar-refractivity contribution in [2.24, 2.45) is 5.73 Å². The Kier molecular flexibility index (Phi) is 6.81. The lowest BCUT2D eigenvalue weighted by atomic mass is 10.2. The van der Waals surface area contributed by atoms with Crippen LogP contribution in [0.5, 0.6) is 0 Å². The quantitative estimate of drug-likeness (QED) is 0.402. The van der Waals surface area contributed by atoms with E-state index in [0.717, 1.165) is 6.42 Å². The summed E-state index contributed by atoms with van der Waals surface area (Å²) in [5.74, 6) is 2.10. The average molecular weight is 198 g/mol. The van der Waals surface area contributed by atoms with E-state index in [2.05, 4.69) is 11.2 Å². The highest BCUT2D eigenvalue weighted by Gasteiger charge is 2.10. The molecule has 0 rings (SSSR count). The van der Waals surface area contributed by atoms with Gasteiger partial charge in [-0.25, -0.2) is 0 Å². The van der Waals surface area contributed by atoms with E-state index in [1.165, 1.54) is 0 Å². The second kappa shape index (κ2) is 7.36. The molecule has 80 valence electrons. The van der Waals surface area contributed by atoms with Crippen molar-refractivity contribution in [2.45, 2.75) is 38.3 Å². The number of carbonyl (C=O) groups is 1. The van der Waals surface area contributed by atoms with Gasteiger partial charge in [0.15, 0.2) is 0 Å². The first kappa shape index (κ1) is 12.9. The normalized spacial score (nSPS) is 14.1. The molecule has 0 radical (unpaired) electrons. The number of aliphatic hydroxyl groups is 1. The van der Waals surface area contributed by atoms with Crippen LogP contribution in [0.15, 0.2) is 0 Å². The van der Waals surface area contributed by atoms with Crippen LogP contribution in [0, 0.1) is 12.3 Å². The summed E-state index contributed by atoms with van der Waals surface area (Å²) >= 11 is 0. The number of carbonyl (C=O) groups excluding carboxylic acids is 1. The summed E-state index contributed by atoms with van der Waals surface area (Å²) < 4.78 is 0. The van der Waals surface area contributed by atoms with Crippen LogP contribution < -0.4 is 11.1 Å². The van der Waals surface area contributed by atoms with Crippen molar-refractivity contribution in [3.8, 4) is 12.3 Å². The maximum atomic E-state index is 11.2. The van der Waals surface area contributed by atoms with Crippen molar-refractivity contribution in [3.05, 3.63) is 0 Å². The van der Waals surface area contributed by atoms with Crippen molar-refractivity contribution in [3.63, 3.8) is 0 Å². The van der Waals surface area contributed by atoms with Gasteiger partial charge in [-0.15, -0.1) is 12.3 Å². The molecule has 1 amide bonds. The van der Waals surface area contributed by atoms with Gasteiger partial charge in [-0.1, -0.05) is 0 Å². The molecule has 0 saturated heterocycles. The van der Waals surface area contributed by atoms with Crippen LogP contribution in [0.1, 0.15) is 26.2 Å². The molecule has 0 aliphatic heterocycles. The van der Waals surface area contributed by atoms with Gasteiger partial charge in [0, 0.05) is 13.0 Å². The molecule has 0 aromatic heterocycles. The molecule has 0 bridgehead atoms. The summed E-state index contributed by atoms with van der Waals surface area (Å²) in [5.41, 5.74) is 5.47. The van der Waals surface area contributed by atoms with Gasteiger partial charge in [-0.2, -0.15) is 0 Å². The highest BCUT2D eigenvalue weighted by molar-refractivity contribution is 5.81. The predicted octanol–water partition coefficient (Wildman–Crippen LogP) is -0.386. The molecule has 2 unspecified atom stereocenters. The molecule has 0 aliphatic rings. The zero-order chi connectivity index (χ0) is 11.0. The number of nitrogens with two attached hydrogens (primary N) is 1. The average Bonchev–Trinajstić information content (AvgIpc) is 2.12. The standard InChI is InChI=1S/C10H18N2O2/c1-3-5-9(11)10(14)12-7-4-6-8(2)13/h1,8-9,13H,4-7,11H2,2H3,(H,12,14). The number of terminal acetylenes is 1. The zero-order valence-electron chi connectivity index (χ0n) is 8.49. The van der Waals surface area contributed by atoms with Crippen molar-refractivity contribution in [1.82, 2.24) is 5.32 Å². The number of aliphatic hydroxyl groups excluding tert-OH is 1. The van der Waals surface area contributed by atoms with E-state index in [-0.39, 0.29) is 18.4 Å². The largest absolute Gasteiger partial charge is 0.393 e. The molecule has 0 saturated carbocycles. The topological polar surface area (TPSA) is 75.4 Å². The second-order valence-corrected chi connectivity index (χ2v) is 3.30. The zero-order valence-corrected chi connectivity index (χ0v) is 8.49. The lowest BCUT2D eigenvalue weighted by Gasteiger charge is -2.09. The fraction of sp³-hybridized carbons (Fsp3) is 0.700. The minimum atomic E-state index is -0.619. The van der Waals surface area contributed by atoms with Crippen LogP contribution >= 0.6 is 0 Å². The molecule has 0 aliphatic carbocycles. The molecule has 14 heavy (non-hydrogen) atoms. The van der Waals surface area contributed by atoms with Crippen LogP contribution in [0.4, 0.5) is 0 Å². The van der Waals surface area contributed by atoms with Gasteiger partial charge in [-0.05, 0) is 19.8 Å². The molecule has 4 heteroatoms. The van der Waals surface area contributed by atoms with Crippen LogP contribution in [0.25, 0.3) is 0 Å². The van der Waals surface area contributed by atoms with Gasteiger partial charge >= 0.3 is 0 Å². The Hall–Kier alpha value is -1.05. The number of nitrogens with one attached hydrogen (secondary N) is 1. The van der Waals surface area contributed by atoms with Crippen molar-refractivity contribution < 1.29 is 9.90 Å². The van der Waals surface area contributed by atoms with Crippen molar-refractivity contribution >= 4 is 5.91 Å². The van der Waals surface area contributed by atoms with Gasteiger partial charge in [0.05, 0.1) is 12.1 Å². The van der Waals surface area contributed by atoms with E-state index < -0.39 is 6.04 Å². The van der Waals surface area contributed by atoms with Gasteiger partial charge in [-0.3, -0.25) is 4.79 Å². The molecule has 0 aromatic carbocycles. The summed E-state index contributed by atoms with van der Waals surface area (Å²) in [4.78, 5) is 11.2. The maximum absolute atomic E-state index is 11.2. The van der Waals surface area contributed by atoms with E-state index >= 15 is 0 Å². The molecule has 0 heterocycles. The highest BCUT2D eigenvalue weighted by Crippen LogP contribution is 1.94. The lowest BCUT2D eigenvalue weighted by molar-refractivity contribution is -0.122. The Morgan fingerprint density at radius 2 is 2.36 bits per heavy atom. The number of amides is 1. The van der Waals surface area contributed by atoms with E-state index in [0.29, 0.717) is 13.0 Å².